The topological polar surface area (TPSA) is 141 Å². The van der Waals surface area contributed by atoms with E-state index in [9.17, 15) is 22.2 Å². The fraction of sp³-hybridized carbons (Fsp3) is 0.0800. The minimum absolute atomic E-state index is 0.271. The van der Waals surface area contributed by atoms with Crippen LogP contribution in [0.25, 0.3) is 0 Å². The van der Waals surface area contributed by atoms with Crippen LogP contribution in [0.1, 0.15) is 0 Å². The average Bonchev–Trinajstić information content (AvgIpc) is 2.89. The number of hydrogen-bond donors (Lipinski definition) is 5. The summed E-state index contributed by atoms with van der Waals surface area (Å²) >= 11 is -2.21. The van der Waals surface area contributed by atoms with Gasteiger partial charge in [-0.15, -0.1) is 13.2 Å². The van der Waals surface area contributed by atoms with Gasteiger partial charge in [0.15, 0.2) is 0 Å². The lowest BCUT2D eigenvalue weighted by Crippen LogP contribution is -2.20. The number of alkyl halides is 3. The van der Waals surface area contributed by atoms with Crippen LogP contribution in [0.2, 0.25) is 0 Å². The van der Waals surface area contributed by atoms with Gasteiger partial charge in [0.2, 0.25) is 5.95 Å². The number of carbonyl (C=O) groups is 1. The average molecular weight is 574 g/mol. The van der Waals surface area contributed by atoms with E-state index in [2.05, 4.69) is 35.4 Å². The number of nitrogens with one attached hydrogen (secondary N) is 4. The third-order valence-electron chi connectivity index (χ3n) is 5.15. The molecule has 15 heteroatoms. The predicted octanol–water partition coefficient (Wildman–Crippen LogP) is 6.08. The molecule has 40 heavy (non-hydrogen) atoms. The maximum absolute atomic E-state index is 12.4. The Balaban J connectivity index is 1.40. The molecular weight excluding hydrogens is 551 g/mol. The van der Waals surface area contributed by atoms with Crippen molar-refractivity contribution in [1.82, 2.24) is 9.97 Å². The maximum atomic E-state index is 12.4. The SMILES string of the molecule is CN(c1cccc(NC(=O)Nc2ccc(OC(F)(F)F)cc2)c1)c1ccnc(Nc2cccc(NS(=O)O)c2)n1. The summed E-state index contributed by atoms with van der Waals surface area (Å²) in [4.78, 5) is 22.9. The van der Waals surface area contributed by atoms with Gasteiger partial charge in [0, 0.05) is 36.0 Å². The van der Waals surface area contributed by atoms with Gasteiger partial charge in [0.05, 0.1) is 5.69 Å². The molecule has 0 radical (unpaired) electrons. The minimum Gasteiger partial charge on any atom is -0.406 e. The summed E-state index contributed by atoms with van der Waals surface area (Å²) in [6, 6.07) is 19.5. The summed E-state index contributed by atoms with van der Waals surface area (Å²) in [6.45, 7) is 0. The van der Waals surface area contributed by atoms with E-state index in [-0.39, 0.29) is 11.6 Å². The van der Waals surface area contributed by atoms with Crippen molar-refractivity contribution in [2.75, 3.05) is 32.6 Å². The lowest BCUT2D eigenvalue weighted by atomic mass is 10.2. The summed E-state index contributed by atoms with van der Waals surface area (Å²) in [5.74, 6) is 0.417. The van der Waals surface area contributed by atoms with Gasteiger partial charge in [-0.1, -0.05) is 12.1 Å². The second-order valence-corrected chi connectivity index (χ2v) is 8.76. The van der Waals surface area contributed by atoms with Crippen LogP contribution in [-0.2, 0) is 11.3 Å². The third-order valence-corrected chi connectivity index (χ3v) is 5.56. The number of ether oxygens (including phenoxy) is 1. The van der Waals surface area contributed by atoms with Crippen molar-refractivity contribution in [3.8, 4) is 5.75 Å². The van der Waals surface area contributed by atoms with Crippen LogP contribution >= 0.6 is 0 Å². The summed E-state index contributed by atoms with van der Waals surface area (Å²) < 4.78 is 63.2. The van der Waals surface area contributed by atoms with Gasteiger partial charge in [0.1, 0.15) is 11.6 Å². The van der Waals surface area contributed by atoms with E-state index in [1.807, 2.05) is 6.07 Å². The lowest BCUT2D eigenvalue weighted by molar-refractivity contribution is -0.274. The standard InChI is InChI=1S/C25H22F3N7O4S/c1-35(22-12-13-29-23(33-22)30-17-4-2-6-19(14-17)34-40(37)38)20-7-3-5-18(15-20)32-24(36)31-16-8-10-21(11-9-16)39-25(26,27)28/h2-15,34H,1H3,(H,37,38)(H,29,30,33)(H2,31,32,36). The highest BCUT2D eigenvalue weighted by molar-refractivity contribution is 7.80. The number of carbonyl (C=O) groups excluding carboxylic acids is 1. The van der Waals surface area contributed by atoms with Crippen molar-refractivity contribution in [3.05, 3.63) is 85.1 Å². The fourth-order valence-electron chi connectivity index (χ4n) is 3.44. The molecule has 0 spiro atoms. The molecule has 1 heterocycles. The molecule has 1 atom stereocenters. The molecule has 0 saturated heterocycles. The lowest BCUT2D eigenvalue weighted by Gasteiger charge is -2.20. The summed E-state index contributed by atoms with van der Waals surface area (Å²) in [7, 11) is 1.77. The smallest absolute Gasteiger partial charge is 0.406 e. The molecule has 3 aromatic carbocycles. The molecule has 0 fully saturated rings. The zero-order chi connectivity index (χ0) is 28.7. The van der Waals surface area contributed by atoms with Crippen molar-refractivity contribution >= 4 is 57.5 Å². The zero-order valence-electron chi connectivity index (χ0n) is 20.6. The first-order valence-corrected chi connectivity index (χ1v) is 12.5. The highest BCUT2D eigenvalue weighted by Gasteiger charge is 2.31. The molecule has 2 amide bonds. The fourth-order valence-corrected chi connectivity index (χ4v) is 3.77. The molecular formula is C25H22F3N7O4S. The molecule has 5 N–H and O–H groups in total. The Morgan fingerprint density at radius 1 is 0.925 bits per heavy atom. The van der Waals surface area contributed by atoms with E-state index in [0.29, 0.717) is 28.6 Å². The number of urea groups is 1. The van der Waals surface area contributed by atoms with Crippen LogP contribution in [0.15, 0.2) is 85.1 Å². The minimum atomic E-state index is -4.80. The Morgan fingerprint density at radius 3 is 2.33 bits per heavy atom. The Morgan fingerprint density at radius 2 is 1.60 bits per heavy atom. The Kier molecular flexibility index (Phi) is 8.66. The van der Waals surface area contributed by atoms with Gasteiger partial charge in [0.25, 0.3) is 11.3 Å². The first-order valence-electron chi connectivity index (χ1n) is 11.4. The van der Waals surface area contributed by atoms with Gasteiger partial charge >= 0.3 is 12.4 Å². The number of amides is 2. The van der Waals surface area contributed by atoms with Gasteiger partial charge in [-0.3, -0.25) is 9.27 Å². The van der Waals surface area contributed by atoms with E-state index >= 15 is 0 Å². The highest BCUT2D eigenvalue weighted by Crippen LogP contribution is 2.27. The molecule has 4 rings (SSSR count). The van der Waals surface area contributed by atoms with E-state index in [1.165, 1.54) is 12.1 Å². The van der Waals surface area contributed by atoms with Crippen LogP contribution < -0.4 is 30.3 Å². The number of halogens is 3. The second kappa shape index (κ2) is 12.3. The van der Waals surface area contributed by atoms with Crippen LogP contribution in [0, 0.1) is 0 Å². The highest BCUT2D eigenvalue weighted by atomic mass is 32.2. The first-order chi connectivity index (χ1) is 19.0. The molecule has 1 unspecified atom stereocenters. The molecule has 0 aliphatic rings. The van der Waals surface area contributed by atoms with Gasteiger partial charge in [-0.2, -0.15) is 4.98 Å². The maximum Gasteiger partial charge on any atom is 0.573 e. The predicted molar refractivity (Wildman–Crippen MR) is 146 cm³/mol. The van der Waals surface area contributed by atoms with Crippen molar-refractivity contribution in [2.45, 2.75) is 6.36 Å². The van der Waals surface area contributed by atoms with E-state index in [1.54, 1.807) is 66.7 Å². The number of benzene rings is 3. The molecule has 0 bridgehead atoms. The van der Waals surface area contributed by atoms with Crippen LogP contribution in [0.3, 0.4) is 0 Å². The van der Waals surface area contributed by atoms with Gasteiger partial charge in [-0.05, 0) is 66.7 Å². The molecule has 11 nitrogen and oxygen atoms in total. The Bertz CT molecular complexity index is 1510. The van der Waals surface area contributed by atoms with Crippen molar-refractivity contribution < 1.29 is 31.5 Å². The molecule has 1 aromatic heterocycles. The molecule has 0 saturated carbocycles. The van der Waals surface area contributed by atoms with Crippen LogP contribution in [-0.4, -0.2) is 38.2 Å². The van der Waals surface area contributed by atoms with Crippen LogP contribution in [0.5, 0.6) is 5.75 Å². The van der Waals surface area contributed by atoms with Gasteiger partial charge in [-0.25, -0.2) is 14.0 Å². The Labute approximate surface area is 228 Å². The summed E-state index contributed by atoms with van der Waals surface area (Å²) in [5.41, 5.74) is 2.44. The number of nitrogens with zero attached hydrogens (tertiary/aromatic N) is 3. The largest absolute Gasteiger partial charge is 0.573 e. The van der Waals surface area contributed by atoms with E-state index in [4.69, 9.17) is 4.55 Å². The van der Waals surface area contributed by atoms with Gasteiger partial charge < -0.3 is 25.6 Å². The second-order valence-electron chi connectivity index (χ2n) is 8.06. The van der Waals surface area contributed by atoms with Crippen LogP contribution in [0.4, 0.5) is 58.2 Å². The third kappa shape index (κ3) is 8.31. The monoisotopic (exact) mass is 573 g/mol. The quantitative estimate of drug-likeness (QED) is 0.152. The molecule has 4 aromatic rings. The number of aromatic nitrogens is 2. The normalized spacial score (nSPS) is 11.7. The molecule has 208 valence electrons. The zero-order valence-corrected chi connectivity index (χ0v) is 21.5. The Hall–Kier alpha value is -4.89. The first kappa shape index (κ1) is 28.1. The number of rotatable bonds is 9. The number of hydrogen-bond acceptors (Lipinski definition) is 7. The van der Waals surface area contributed by atoms with Crippen molar-refractivity contribution in [2.24, 2.45) is 0 Å². The van der Waals surface area contributed by atoms with Crippen molar-refractivity contribution in [1.29, 1.82) is 0 Å². The number of anilines is 7. The molecule has 0 aliphatic carbocycles. The van der Waals surface area contributed by atoms with Crippen molar-refractivity contribution in [3.63, 3.8) is 0 Å². The van der Waals surface area contributed by atoms with E-state index < -0.39 is 29.4 Å². The molecule has 0 aliphatic heterocycles. The summed E-state index contributed by atoms with van der Waals surface area (Å²) in [5, 5.41) is 8.26. The van der Waals surface area contributed by atoms with E-state index in [0.717, 1.165) is 12.1 Å². The summed E-state index contributed by atoms with van der Waals surface area (Å²) in [6.07, 6.45) is -3.24.